The van der Waals surface area contributed by atoms with E-state index >= 15 is 0 Å². The number of amides is 3. The number of aliphatic hydroxyl groups excluding tert-OH is 2. The van der Waals surface area contributed by atoms with Crippen LogP contribution in [0.1, 0.15) is 5.56 Å². The van der Waals surface area contributed by atoms with Gasteiger partial charge in [0.1, 0.15) is 5.75 Å². The fourth-order valence-electron chi connectivity index (χ4n) is 3.61. The Bertz CT molecular complexity index is 763. The van der Waals surface area contributed by atoms with Crippen LogP contribution in [0.2, 0.25) is 0 Å². The number of methoxy groups -OCH3 is 1. The van der Waals surface area contributed by atoms with Crippen molar-refractivity contribution in [2.75, 3.05) is 47.0 Å². The molecule has 1 aromatic carbocycles. The van der Waals surface area contributed by atoms with Crippen molar-refractivity contribution in [3.63, 3.8) is 0 Å². The minimum Gasteiger partial charge on any atom is -0.497 e. The van der Waals surface area contributed by atoms with E-state index < -0.39 is 24.1 Å². The van der Waals surface area contributed by atoms with E-state index in [-0.39, 0.29) is 26.3 Å². The number of nitrogens with one attached hydrogen (secondary N) is 1. The molecule has 0 bridgehead atoms. The van der Waals surface area contributed by atoms with Crippen molar-refractivity contribution in [3.8, 4) is 5.75 Å². The summed E-state index contributed by atoms with van der Waals surface area (Å²) in [7, 11) is 3.20. The molecule has 0 radical (unpaired) electrons. The summed E-state index contributed by atoms with van der Waals surface area (Å²) in [4.78, 5) is 34.2. The number of aliphatic imine (C=N–C) groups is 1. The van der Waals surface area contributed by atoms with Crippen LogP contribution < -0.4 is 10.1 Å². The molecule has 2 atom stereocenters. The van der Waals surface area contributed by atoms with E-state index in [9.17, 15) is 19.8 Å². The van der Waals surface area contributed by atoms with Crippen LogP contribution in [-0.2, 0) is 11.2 Å². The molecule has 1 saturated heterocycles. The minimum atomic E-state index is -0.661. The number of hydrogen-bond acceptors (Lipinski definition) is 8. The highest BCUT2D eigenvalue weighted by atomic mass is 16.5. The minimum absolute atomic E-state index is 0.123. The summed E-state index contributed by atoms with van der Waals surface area (Å²) >= 11 is 0. The molecular weight excluding hydrogens is 378 g/mol. The number of likely N-dealkylation sites (N-methyl/N-ethyl adjacent to an activating group) is 1. The lowest BCUT2D eigenvalue weighted by atomic mass is 10.1. The molecule has 1 aromatic rings. The van der Waals surface area contributed by atoms with E-state index in [1.807, 2.05) is 29.2 Å². The number of imide groups is 1. The zero-order chi connectivity index (χ0) is 21.0. The standard InChI is InChI=1S/C19H27N5O5/c1-22-16-15(17(27)21-19(22)28)24(18(20-16)23(9-11-25)10-12-26)8-7-13-3-5-14(29-2)6-4-13/h3-6,15-16,25-26H,7-12H2,1-2H3,(H,21,27,28). The van der Waals surface area contributed by atoms with Gasteiger partial charge in [0.15, 0.2) is 18.2 Å². The van der Waals surface area contributed by atoms with Crippen LogP contribution in [-0.4, -0.2) is 102 Å². The molecule has 2 heterocycles. The quantitative estimate of drug-likeness (QED) is 0.512. The molecule has 2 aliphatic heterocycles. The maximum absolute atomic E-state index is 12.6. The third-order valence-electron chi connectivity index (χ3n) is 5.16. The highest BCUT2D eigenvalue weighted by Gasteiger charge is 2.49. The van der Waals surface area contributed by atoms with E-state index in [4.69, 9.17) is 4.74 Å². The Labute approximate surface area is 169 Å². The summed E-state index contributed by atoms with van der Waals surface area (Å²) in [5.41, 5.74) is 1.06. The first-order valence-corrected chi connectivity index (χ1v) is 9.51. The first-order valence-electron chi connectivity index (χ1n) is 9.51. The number of guanidine groups is 1. The summed E-state index contributed by atoms with van der Waals surface area (Å²) in [6, 6.07) is 6.51. The van der Waals surface area contributed by atoms with Crippen LogP contribution in [0.25, 0.3) is 0 Å². The van der Waals surface area contributed by atoms with Crippen molar-refractivity contribution < 1.29 is 24.5 Å². The monoisotopic (exact) mass is 405 g/mol. The van der Waals surface area contributed by atoms with Gasteiger partial charge in [-0.2, -0.15) is 0 Å². The molecule has 3 amide bonds. The van der Waals surface area contributed by atoms with Crippen LogP contribution in [0.3, 0.4) is 0 Å². The number of nitrogens with zero attached hydrogens (tertiary/aromatic N) is 4. The third-order valence-corrected chi connectivity index (χ3v) is 5.16. The maximum atomic E-state index is 12.6. The lowest BCUT2D eigenvalue weighted by Crippen LogP contribution is -2.64. The van der Waals surface area contributed by atoms with Gasteiger partial charge in [-0.25, -0.2) is 9.79 Å². The Hall–Kier alpha value is -2.85. The van der Waals surface area contributed by atoms with Crippen molar-refractivity contribution in [2.45, 2.75) is 18.6 Å². The predicted octanol–water partition coefficient (Wildman–Crippen LogP) is -0.928. The van der Waals surface area contributed by atoms with Gasteiger partial charge < -0.3 is 29.6 Å². The molecule has 3 N–H and O–H groups in total. The molecular formula is C19H27N5O5. The van der Waals surface area contributed by atoms with Gasteiger partial charge in [0.25, 0.3) is 5.91 Å². The molecule has 0 aromatic heterocycles. The van der Waals surface area contributed by atoms with Gasteiger partial charge >= 0.3 is 6.03 Å². The smallest absolute Gasteiger partial charge is 0.325 e. The number of benzene rings is 1. The van der Waals surface area contributed by atoms with Crippen molar-refractivity contribution in [1.82, 2.24) is 20.0 Å². The Balaban J connectivity index is 1.85. The molecule has 0 spiro atoms. The maximum Gasteiger partial charge on any atom is 0.325 e. The van der Waals surface area contributed by atoms with E-state index in [1.54, 1.807) is 19.1 Å². The van der Waals surface area contributed by atoms with Gasteiger partial charge in [-0.3, -0.25) is 10.1 Å². The second-order valence-electron chi connectivity index (χ2n) is 6.92. The number of ether oxygens (including phenoxy) is 1. The van der Waals surface area contributed by atoms with Crippen LogP contribution in [0.15, 0.2) is 29.3 Å². The number of carbonyl (C=O) groups is 2. The van der Waals surface area contributed by atoms with Crippen molar-refractivity contribution in [3.05, 3.63) is 29.8 Å². The van der Waals surface area contributed by atoms with Gasteiger partial charge in [-0.1, -0.05) is 12.1 Å². The Morgan fingerprint density at radius 3 is 2.41 bits per heavy atom. The van der Waals surface area contributed by atoms with Gasteiger partial charge in [-0.15, -0.1) is 0 Å². The van der Waals surface area contributed by atoms with Gasteiger partial charge in [0, 0.05) is 26.7 Å². The lowest BCUT2D eigenvalue weighted by molar-refractivity contribution is -0.127. The predicted molar refractivity (Wildman–Crippen MR) is 105 cm³/mol. The number of hydrogen-bond donors (Lipinski definition) is 3. The number of rotatable bonds is 8. The topological polar surface area (TPSA) is 118 Å². The van der Waals surface area contributed by atoms with E-state index in [1.165, 1.54) is 4.90 Å². The Morgan fingerprint density at radius 2 is 1.83 bits per heavy atom. The second-order valence-corrected chi connectivity index (χ2v) is 6.92. The Morgan fingerprint density at radius 1 is 1.17 bits per heavy atom. The molecule has 3 rings (SSSR count). The first-order chi connectivity index (χ1) is 14.0. The summed E-state index contributed by atoms with van der Waals surface area (Å²) in [5, 5.41) is 21.2. The van der Waals surface area contributed by atoms with Crippen molar-refractivity contribution in [2.24, 2.45) is 4.99 Å². The zero-order valence-electron chi connectivity index (χ0n) is 16.6. The number of fused-ring (bicyclic) bond motifs is 1. The summed E-state index contributed by atoms with van der Waals surface area (Å²) in [5.74, 6) is 0.855. The highest BCUT2D eigenvalue weighted by molar-refractivity contribution is 6.03. The Kier molecular flexibility index (Phi) is 6.55. The average molecular weight is 405 g/mol. The zero-order valence-corrected chi connectivity index (χ0v) is 16.6. The fourth-order valence-corrected chi connectivity index (χ4v) is 3.61. The lowest BCUT2D eigenvalue weighted by Gasteiger charge is -2.37. The molecule has 2 unspecified atom stereocenters. The van der Waals surface area contributed by atoms with E-state index in [0.29, 0.717) is 18.9 Å². The number of carbonyl (C=O) groups excluding carboxylic acids is 2. The van der Waals surface area contributed by atoms with Gasteiger partial charge in [0.2, 0.25) is 0 Å². The molecule has 29 heavy (non-hydrogen) atoms. The van der Waals surface area contributed by atoms with E-state index in [0.717, 1.165) is 11.3 Å². The van der Waals surface area contributed by atoms with Crippen molar-refractivity contribution >= 4 is 17.9 Å². The summed E-state index contributed by atoms with van der Waals surface area (Å²) in [6.45, 7) is 0.757. The largest absolute Gasteiger partial charge is 0.497 e. The normalized spacial score (nSPS) is 21.0. The first kappa shape index (κ1) is 20.9. The van der Waals surface area contributed by atoms with Gasteiger partial charge in [-0.05, 0) is 24.1 Å². The highest BCUT2D eigenvalue weighted by Crippen LogP contribution is 2.26. The van der Waals surface area contributed by atoms with Crippen molar-refractivity contribution in [1.29, 1.82) is 0 Å². The molecule has 10 nitrogen and oxygen atoms in total. The molecule has 0 aliphatic carbocycles. The second kappa shape index (κ2) is 9.10. The van der Waals surface area contributed by atoms with E-state index in [2.05, 4.69) is 10.3 Å². The summed E-state index contributed by atoms with van der Waals surface area (Å²) in [6.07, 6.45) is -0.00880. The average Bonchev–Trinajstić information content (AvgIpc) is 3.11. The van der Waals surface area contributed by atoms with Crippen LogP contribution in [0.4, 0.5) is 4.79 Å². The van der Waals surface area contributed by atoms with Crippen LogP contribution >= 0.6 is 0 Å². The molecule has 0 saturated carbocycles. The van der Waals surface area contributed by atoms with Crippen LogP contribution in [0.5, 0.6) is 5.75 Å². The SMILES string of the molecule is COc1ccc(CCN2C(N(CCO)CCO)=NC3C2C(=O)NC(=O)N3C)cc1. The molecule has 158 valence electrons. The van der Waals surface area contributed by atoms with Gasteiger partial charge in [0.05, 0.1) is 20.3 Å². The molecule has 2 aliphatic rings. The molecule has 10 heteroatoms. The number of urea groups is 1. The number of aliphatic hydroxyl groups is 2. The third kappa shape index (κ3) is 4.28. The van der Waals surface area contributed by atoms with Crippen LogP contribution in [0, 0.1) is 0 Å². The summed E-state index contributed by atoms with van der Waals surface area (Å²) < 4.78 is 5.18. The molecule has 1 fully saturated rings. The fraction of sp³-hybridized carbons (Fsp3) is 0.526.